The minimum Gasteiger partial charge on any atom is -0.320 e. The Morgan fingerprint density at radius 3 is 2.82 bits per heavy atom. The fraction of sp³-hybridized carbons (Fsp3) is 0.462. The Hall–Kier alpha value is -1.06. The zero-order valence-corrected chi connectivity index (χ0v) is 10.3. The van der Waals surface area contributed by atoms with Crippen molar-refractivity contribution in [3.05, 3.63) is 34.9 Å². The molecule has 2 heterocycles. The summed E-state index contributed by atoms with van der Waals surface area (Å²) in [4.78, 5) is 13.9. The SMILES string of the molecule is O=C1CC[C@@]2(c3ccc(Cl)cc3)NCCCN12. The summed E-state index contributed by atoms with van der Waals surface area (Å²) in [6.45, 7) is 1.82. The molecule has 90 valence electrons. The predicted octanol–water partition coefficient (Wildman–Crippen LogP) is 2.11. The third kappa shape index (κ3) is 1.65. The molecule has 3 nitrogen and oxygen atoms in total. The van der Waals surface area contributed by atoms with Gasteiger partial charge in [-0.25, -0.2) is 0 Å². The second kappa shape index (κ2) is 4.00. The number of nitrogens with zero attached hydrogens (tertiary/aromatic N) is 1. The Kier molecular flexibility index (Phi) is 2.60. The average Bonchev–Trinajstić information content (AvgIpc) is 2.70. The van der Waals surface area contributed by atoms with E-state index >= 15 is 0 Å². The van der Waals surface area contributed by atoms with Crippen LogP contribution in [0.1, 0.15) is 24.8 Å². The van der Waals surface area contributed by atoms with Crippen molar-refractivity contribution in [2.45, 2.75) is 24.9 Å². The van der Waals surface area contributed by atoms with Crippen molar-refractivity contribution in [1.29, 1.82) is 0 Å². The maximum Gasteiger partial charge on any atom is 0.224 e. The molecule has 17 heavy (non-hydrogen) atoms. The van der Waals surface area contributed by atoms with Crippen LogP contribution in [-0.2, 0) is 10.5 Å². The average molecular weight is 251 g/mol. The van der Waals surface area contributed by atoms with Gasteiger partial charge in [0.1, 0.15) is 5.66 Å². The summed E-state index contributed by atoms with van der Waals surface area (Å²) in [5, 5.41) is 4.26. The predicted molar refractivity (Wildman–Crippen MR) is 66.7 cm³/mol. The second-order valence-corrected chi connectivity index (χ2v) is 5.13. The molecule has 2 fully saturated rings. The Morgan fingerprint density at radius 1 is 1.29 bits per heavy atom. The van der Waals surface area contributed by atoms with E-state index < -0.39 is 0 Å². The first kappa shape index (κ1) is 11.1. The van der Waals surface area contributed by atoms with Gasteiger partial charge in [-0.1, -0.05) is 23.7 Å². The summed E-state index contributed by atoms with van der Waals surface area (Å²) >= 11 is 5.92. The molecule has 4 heteroatoms. The number of hydrogen-bond donors (Lipinski definition) is 1. The third-order valence-corrected chi connectivity index (χ3v) is 4.01. The zero-order chi connectivity index (χ0) is 11.9. The quantitative estimate of drug-likeness (QED) is 0.828. The number of benzene rings is 1. The molecule has 0 spiro atoms. The molecule has 1 amide bonds. The van der Waals surface area contributed by atoms with Gasteiger partial charge in [0.2, 0.25) is 5.91 Å². The van der Waals surface area contributed by atoms with Gasteiger partial charge in [-0.3, -0.25) is 10.1 Å². The summed E-state index contributed by atoms with van der Waals surface area (Å²) in [5.41, 5.74) is 0.868. The highest BCUT2D eigenvalue weighted by molar-refractivity contribution is 6.30. The van der Waals surface area contributed by atoms with Crippen LogP contribution in [0.25, 0.3) is 0 Å². The maximum atomic E-state index is 11.9. The molecule has 0 saturated carbocycles. The lowest BCUT2D eigenvalue weighted by Crippen LogP contribution is -2.58. The van der Waals surface area contributed by atoms with E-state index in [1.807, 2.05) is 29.2 Å². The standard InChI is InChI=1S/C13H15ClN2O/c14-11-4-2-10(3-5-11)13-7-6-12(17)16(13)9-1-8-15-13/h2-5,15H,1,6-9H2/t13-/m1/s1. The van der Waals surface area contributed by atoms with Crippen LogP contribution >= 0.6 is 11.6 Å². The molecule has 1 N–H and O–H groups in total. The molecular formula is C13H15ClN2O. The van der Waals surface area contributed by atoms with Crippen molar-refractivity contribution in [3.63, 3.8) is 0 Å². The van der Waals surface area contributed by atoms with Gasteiger partial charge in [-0.2, -0.15) is 0 Å². The highest BCUT2D eigenvalue weighted by Crippen LogP contribution is 2.39. The lowest BCUT2D eigenvalue weighted by molar-refractivity contribution is -0.133. The fourth-order valence-corrected chi connectivity index (χ4v) is 3.06. The lowest BCUT2D eigenvalue weighted by atomic mass is 9.94. The first-order valence-electron chi connectivity index (χ1n) is 6.04. The number of carbonyl (C=O) groups is 1. The number of nitrogens with one attached hydrogen (secondary N) is 1. The van der Waals surface area contributed by atoms with Gasteiger partial charge < -0.3 is 4.90 Å². The van der Waals surface area contributed by atoms with E-state index in [2.05, 4.69) is 5.32 Å². The molecule has 0 aliphatic carbocycles. The molecule has 2 aliphatic heterocycles. The minimum absolute atomic E-state index is 0.257. The molecule has 1 aromatic rings. The van der Waals surface area contributed by atoms with E-state index in [0.717, 1.165) is 36.5 Å². The topological polar surface area (TPSA) is 32.3 Å². The van der Waals surface area contributed by atoms with E-state index in [0.29, 0.717) is 6.42 Å². The Morgan fingerprint density at radius 2 is 2.06 bits per heavy atom. The highest BCUT2D eigenvalue weighted by atomic mass is 35.5. The van der Waals surface area contributed by atoms with Gasteiger partial charge in [0.05, 0.1) is 0 Å². The largest absolute Gasteiger partial charge is 0.320 e. The van der Waals surface area contributed by atoms with Crippen LogP contribution in [0.3, 0.4) is 0 Å². The van der Waals surface area contributed by atoms with Gasteiger partial charge in [-0.05, 0) is 37.1 Å². The molecule has 2 saturated heterocycles. The highest BCUT2D eigenvalue weighted by Gasteiger charge is 2.47. The second-order valence-electron chi connectivity index (χ2n) is 4.69. The van der Waals surface area contributed by atoms with Gasteiger partial charge in [-0.15, -0.1) is 0 Å². The number of hydrogen-bond acceptors (Lipinski definition) is 2. The van der Waals surface area contributed by atoms with E-state index in [4.69, 9.17) is 11.6 Å². The van der Waals surface area contributed by atoms with E-state index in [1.54, 1.807) is 0 Å². The molecule has 3 rings (SSSR count). The van der Waals surface area contributed by atoms with E-state index in [9.17, 15) is 4.79 Å². The lowest BCUT2D eigenvalue weighted by Gasteiger charge is -2.43. The summed E-state index contributed by atoms with van der Waals surface area (Å²) in [7, 11) is 0. The van der Waals surface area contributed by atoms with Gasteiger partial charge in [0, 0.05) is 18.0 Å². The van der Waals surface area contributed by atoms with Gasteiger partial charge >= 0.3 is 0 Å². The Labute approximate surface area is 106 Å². The fourth-order valence-electron chi connectivity index (χ4n) is 2.93. The molecule has 1 aromatic carbocycles. The molecular weight excluding hydrogens is 236 g/mol. The smallest absolute Gasteiger partial charge is 0.224 e. The maximum absolute atomic E-state index is 11.9. The van der Waals surface area contributed by atoms with Gasteiger partial charge in [0.15, 0.2) is 0 Å². The van der Waals surface area contributed by atoms with Crippen LogP contribution < -0.4 is 5.32 Å². The summed E-state index contributed by atoms with van der Waals surface area (Å²) in [6.07, 6.45) is 2.52. The van der Waals surface area contributed by atoms with Crippen molar-refractivity contribution in [2.75, 3.05) is 13.1 Å². The van der Waals surface area contributed by atoms with Crippen LogP contribution in [-0.4, -0.2) is 23.9 Å². The van der Waals surface area contributed by atoms with Crippen LogP contribution in [0.4, 0.5) is 0 Å². The van der Waals surface area contributed by atoms with Crippen molar-refractivity contribution < 1.29 is 4.79 Å². The minimum atomic E-state index is -0.278. The van der Waals surface area contributed by atoms with Crippen LogP contribution in [0.15, 0.2) is 24.3 Å². The van der Waals surface area contributed by atoms with Crippen molar-refractivity contribution in [2.24, 2.45) is 0 Å². The molecule has 2 aliphatic rings. The molecule has 0 unspecified atom stereocenters. The van der Waals surface area contributed by atoms with Gasteiger partial charge in [0.25, 0.3) is 0 Å². The Bertz CT molecular complexity index is 445. The number of carbonyl (C=O) groups excluding carboxylic acids is 1. The number of fused-ring (bicyclic) bond motifs is 1. The van der Waals surface area contributed by atoms with Crippen molar-refractivity contribution >= 4 is 17.5 Å². The van der Waals surface area contributed by atoms with Crippen LogP contribution in [0.2, 0.25) is 5.02 Å². The summed E-state index contributed by atoms with van der Waals surface area (Å²) < 4.78 is 0. The molecule has 0 radical (unpaired) electrons. The Balaban J connectivity index is 2.03. The normalized spacial score (nSPS) is 28.3. The molecule has 0 aromatic heterocycles. The first-order chi connectivity index (χ1) is 8.22. The van der Waals surface area contributed by atoms with E-state index in [-0.39, 0.29) is 11.6 Å². The van der Waals surface area contributed by atoms with Crippen LogP contribution in [0, 0.1) is 0 Å². The summed E-state index contributed by atoms with van der Waals surface area (Å²) in [6, 6.07) is 7.82. The monoisotopic (exact) mass is 250 g/mol. The summed E-state index contributed by atoms with van der Waals surface area (Å²) in [5.74, 6) is 0.257. The molecule has 0 bridgehead atoms. The van der Waals surface area contributed by atoms with Crippen molar-refractivity contribution in [1.82, 2.24) is 10.2 Å². The number of halogens is 1. The number of amides is 1. The first-order valence-corrected chi connectivity index (χ1v) is 6.42. The third-order valence-electron chi connectivity index (χ3n) is 3.76. The zero-order valence-electron chi connectivity index (χ0n) is 9.58. The van der Waals surface area contributed by atoms with E-state index in [1.165, 1.54) is 0 Å². The van der Waals surface area contributed by atoms with Crippen molar-refractivity contribution in [3.8, 4) is 0 Å². The molecule has 1 atom stereocenters. The van der Waals surface area contributed by atoms with Crippen LogP contribution in [0.5, 0.6) is 0 Å². The number of rotatable bonds is 1.